The number of amides is 1. The number of non-ortho nitro benzene ring substituents is 1. The van der Waals surface area contributed by atoms with Crippen molar-refractivity contribution in [3.63, 3.8) is 0 Å². The Hall–Kier alpha value is -2.61. The summed E-state index contributed by atoms with van der Waals surface area (Å²) in [5.74, 6) is -1.16. The summed E-state index contributed by atoms with van der Waals surface area (Å²) >= 11 is 3.23. The van der Waals surface area contributed by atoms with E-state index >= 15 is 0 Å². The van der Waals surface area contributed by atoms with Crippen molar-refractivity contribution in [1.82, 2.24) is 5.43 Å². The van der Waals surface area contributed by atoms with Gasteiger partial charge in [-0.15, -0.1) is 0 Å². The Balaban J connectivity index is 2.11. The SMILES string of the molecule is O=C(NN=Cc1cc([N+](=O)[O-])ccc1F)c1cccc(Br)c1. The van der Waals surface area contributed by atoms with Crippen LogP contribution >= 0.6 is 15.9 Å². The summed E-state index contributed by atoms with van der Waals surface area (Å²) < 4.78 is 14.2. The van der Waals surface area contributed by atoms with Gasteiger partial charge < -0.3 is 0 Å². The van der Waals surface area contributed by atoms with Crippen molar-refractivity contribution in [3.05, 3.63) is 74.0 Å². The molecule has 0 aliphatic rings. The molecule has 1 N–H and O–H groups in total. The van der Waals surface area contributed by atoms with Gasteiger partial charge in [-0.1, -0.05) is 22.0 Å². The van der Waals surface area contributed by atoms with Crippen LogP contribution in [0, 0.1) is 15.9 Å². The molecule has 0 saturated heterocycles. The standard InChI is InChI=1S/C14H9BrFN3O3/c15-11-3-1-2-9(6-11)14(20)18-17-8-10-7-12(19(21)22)4-5-13(10)16/h1-8H,(H,18,20). The molecule has 0 atom stereocenters. The lowest BCUT2D eigenvalue weighted by Crippen LogP contribution is -2.17. The molecular weight excluding hydrogens is 357 g/mol. The van der Waals surface area contributed by atoms with Gasteiger partial charge in [0, 0.05) is 27.7 Å². The number of hydrazone groups is 1. The van der Waals surface area contributed by atoms with Crippen LogP contribution < -0.4 is 5.43 Å². The molecule has 0 saturated carbocycles. The van der Waals surface area contributed by atoms with Crippen LogP contribution in [-0.4, -0.2) is 17.0 Å². The summed E-state index contributed by atoms with van der Waals surface area (Å²) in [7, 11) is 0. The number of carbonyl (C=O) groups excluding carboxylic acids is 1. The number of hydrogen-bond acceptors (Lipinski definition) is 4. The van der Waals surface area contributed by atoms with Gasteiger partial charge in [-0.25, -0.2) is 9.82 Å². The van der Waals surface area contributed by atoms with Crippen LogP contribution in [0.1, 0.15) is 15.9 Å². The van der Waals surface area contributed by atoms with Gasteiger partial charge in [-0.05, 0) is 24.3 Å². The Labute approximate surface area is 132 Å². The van der Waals surface area contributed by atoms with Crippen molar-refractivity contribution in [2.75, 3.05) is 0 Å². The van der Waals surface area contributed by atoms with E-state index in [1.165, 1.54) is 0 Å². The van der Waals surface area contributed by atoms with Crippen LogP contribution in [0.25, 0.3) is 0 Å². The fraction of sp³-hybridized carbons (Fsp3) is 0. The Kier molecular flexibility index (Phi) is 4.95. The zero-order valence-corrected chi connectivity index (χ0v) is 12.6. The number of hydrogen-bond donors (Lipinski definition) is 1. The average molecular weight is 366 g/mol. The Morgan fingerprint density at radius 2 is 2.09 bits per heavy atom. The molecule has 6 nitrogen and oxygen atoms in total. The number of nitrogens with zero attached hydrogens (tertiary/aromatic N) is 2. The highest BCUT2D eigenvalue weighted by molar-refractivity contribution is 9.10. The molecule has 0 aromatic heterocycles. The summed E-state index contributed by atoms with van der Waals surface area (Å²) in [6.45, 7) is 0. The first-order valence-corrected chi connectivity index (χ1v) is 6.79. The van der Waals surface area contributed by atoms with Crippen molar-refractivity contribution < 1.29 is 14.1 Å². The Bertz CT molecular complexity index is 765. The molecule has 0 unspecified atom stereocenters. The van der Waals surface area contributed by atoms with Gasteiger partial charge in [0.25, 0.3) is 11.6 Å². The predicted molar refractivity (Wildman–Crippen MR) is 82.3 cm³/mol. The highest BCUT2D eigenvalue weighted by Crippen LogP contribution is 2.15. The third kappa shape index (κ3) is 3.95. The second-order valence-electron chi connectivity index (χ2n) is 4.17. The molecule has 0 spiro atoms. The summed E-state index contributed by atoms with van der Waals surface area (Å²) in [5, 5.41) is 14.2. The zero-order valence-electron chi connectivity index (χ0n) is 11.0. The van der Waals surface area contributed by atoms with E-state index in [0.717, 1.165) is 28.9 Å². The minimum absolute atomic E-state index is 0.0938. The minimum atomic E-state index is -0.675. The zero-order chi connectivity index (χ0) is 16.1. The normalized spacial score (nSPS) is 10.6. The lowest BCUT2D eigenvalue weighted by atomic mass is 10.2. The van der Waals surface area contributed by atoms with E-state index in [9.17, 15) is 19.3 Å². The third-order valence-corrected chi connectivity index (χ3v) is 3.14. The van der Waals surface area contributed by atoms with E-state index in [1.54, 1.807) is 24.3 Å². The second kappa shape index (κ2) is 6.90. The van der Waals surface area contributed by atoms with Gasteiger partial charge in [-0.2, -0.15) is 5.10 Å². The van der Waals surface area contributed by atoms with E-state index in [0.29, 0.717) is 5.56 Å². The molecule has 0 fully saturated rings. The van der Waals surface area contributed by atoms with Gasteiger partial charge in [0.1, 0.15) is 5.82 Å². The number of nitrogens with one attached hydrogen (secondary N) is 1. The van der Waals surface area contributed by atoms with Gasteiger partial charge in [0.15, 0.2) is 0 Å². The molecule has 0 heterocycles. The van der Waals surface area contributed by atoms with Crippen LogP contribution in [-0.2, 0) is 0 Å². The third-order valence-electron chi connectivity index (χ3n) is 2.65. The molecule has 0 aliphatic carbocycles. The molecular formula is C14H9BrFN3O3. The van der Waals surface area contributed by atoms with E-state index < -0.39 is 16.6 Å². The van der Waals surface area contributed by atoms with Crippen molar-refractivity contribution in [1.29, 1.82) is 0 Å². The van der Waals surface area contributed by atoms with Crippen molar-refractivity contribution in [2.45, 2.75) is 0 Å². The van der Waals surface area contributed by atoms with Gasteiger partial charge in [0.05, 0.1) is 11.1 Å². The number of nitro benzene ring substituents is 1. The predicted octanol–water partition coefficient (Wildman–Crippen LogP) is 3.26. The van der Waals surface area contributed by atoms with Crippen LogP contribution in [0.5, 0.6) is 0 Å². The summed E-state index contributed by atoms with van der Waals surface area (Å²) in [6.07, 6.45) is 1.01. The second-order valence-corrected chi connectivity index (χ2v) is 5.09. The van der Waals surface area contributed by atoms with E-state index in [-0.39, 0.29) is 11.3 Å². The van der Waals surface area contributed by atoms with Crippen molar-refractivity contribution in [2.24, 2.45) is 5.10 Å². The number of benzene rings is 2. The van der Waals surface area contributed by atoms with E-state index in [1.807, 2.05) is 0 Å². The molecule has 8 heteroatoms. The Morgan fingerprint density at radius 3 is 2.77 bits per heavy atom. The van der Waals surface area contributed by atoms with Crippen LogP contribution in [0.4, 0.5) is 10.1 Å². The first kappa shape index (κ1) is 15.8. The monoisotopic (exact) mass is 365 g/mol. The summed E-state index contributed by atoms with van der Waals surface area (Å²) in [6, 6.07) is 9.68. The quantitative estimate of drug-likeness (QED) is 0.512. The summed E-state index contributed by atoms with van der Waals surface area (Å²) in [4.78, 5) is 21.8. The maximum atomic E-state index is 13.5. The molecule has 112 valence electrons. The lowest BCUT2D eigenvalue weighted by Gasteiger charge is -2.00. The van der Waals surface area contributed by atoms with Crippen molar-refractivity contribution in [3.8, 4) is 0 Å². The number of nitro groups is 1. The average Bonchev–Trinajstić information content (AvgIpc) is 2.48. The first-order valence-electron chi connectivity index (χ1n) is 6.00. The number of carbonyl (C=O) groups is 1. The maximum absolute atomic E-state index is 13.5. The topological polar surface area (TPSA) is 84.6 Å². The molecule has 0 radical (unpaired) electrons. The fourth-order valence-electron chi connectivity index (χ4n) is 1.60. The number of rotatable bonds is 4. The van der Waals surface area contributed by atoms with E-state index in [4.69, 9.17) is 0 Å². The fourth-order valence-corrected chi connectivity index (χ4v) is 2.00. The molecule has 2 aromatic rings. The van der Waals surface area contributed by atoms with Crippen LogP contribution in [0.2, 0.25) is 0 Å². The Morgan fingerprint density at radius 1 is 1.32 bits per heavy atom. The molecule has 2 aromatic carbocycles. The van der Waals surface area contributed by atoms with Crippen LogP contribution in [0.15, 0.2) is 52.0 Å². The van der Waals surface area contributed by atoms with E-state index in [2.05, 4.69) is 26.5 Å². The first-order chi connectivity index (χ1) is 10.5. The largest absolute Gasteiger partial charge is 0.271 e. The van der Waals surface area contributed by atoms with Crippen molar-refractivity contribution >= 4 is 33.7 Å². The number of halogens is 2. The molecule has 0 aliphatic heterocycles. The lowest BCUT2D eigenvalue weighted by molar-refractivity contribution is -0.384. The molecule has 1 amide bonds. The molecule has 0 bridgehead atoms. The highest BCUT2D eigenvalue weighted by atomic mass is 79.9. The minimum Gasteiger partial charge on any atom is -0.267 e. The van der Waals surface area contributed by atoms with Crippen LogP contribution in [0.3, 0.4) is 0 Å². The summed E-state index contributed by atoms with van der Waals surface area (Å²) in [5.41, 5.74) is 2.23. The smallest absolute Gasteiger partial charge is 0.267 e. The van der Waals surface area contributed by atoms with Gasteiger partial charge >= 0.3 is 0 Å². The molecule has 2 rings (SSSR count). The highest BCUT2D eigenvalue weighted by Gasteiger charge is 2.09. The van der Waals surface area contributed by atoms with Gasteiger partial charge in [0.2, 0.25) is 0 Å². The van der Waals surface area contributed by atoms with Gasteiger partial charge in [-0.3, -0.25) is 14.9 Å². The maximum Gasteiger partial charge on any atom is 0.271 e. The molecule has 22 heavy (non-hydrogen) atoms.